The molecule has 0 atom stereocenters. The molecule has 2 aliphatic heterocycles. The number of benzene rings is 2. The molecule has 33 heavy (non-hydrogen) atoms. The Morgan fingerprint density at radius 1 is 0.939 bits per heavy atom. The molecule has 1 fully saturated rings. The van der Waals surface area contributed by atoms with E-state index in [0.717, 1.165) is 23.3 Å². The van der Waals surface area contributed by atoms with Crippen molar-refractivity contribution in [1.82, 2.24) is 20.1 Å². The van der Waals surface area contributed by atoms with E-state index in [1.54, 1.807) is 17.0 Å². The van der Waals surface area contributed by atoms with Crippen molar-refractivity contribution in [3.63, 3.8) is 0 Å². The normalized spacial score (nSPS) is 16.1. The Hall–Kier alpha value is -3.55. The highest BCUT2D eigenvalue weighted by Gasteiger charge is 2.25. The van der Waals surface area contributed by atoms with Gasteiger partial charge < -0.3 is 25.0 Å². The molecule has 2 aliphatic rings. The standard InChI is InChI=1S/C25H28FN5O2/c26-18-5-7-19(8-6-18)29-13-15-30(16-14-29)24(32)9-11-27-25(33)31-12-10-21-20-3-1-2-4-22(20)28-23(21)17-31/h1-8,28H,9-17H2,(H,27,33). The summed E-state index contributed by atoms with van der Waals surface area (Å²) in [6.07, 6.45) is 1.11. The summed E-state index contributed by atoms with van der Waals surface area (Å²) in [5, 5.41) is 4.14. The van der Waals surface area contributed by atoms with E-state index in [-0.39, 0.29) is 24.2 Å². The van der Waals surface area contributed by atoms with Crippen LogP contribution in [-0.2, 0) is 17.8 Å². The zero-order valence-corrected chi connectivity index (χ0v) is 18.5. The summed E-state index contributed by atoms with van der Waals surface area (Å²) in [6, 6.07) is 14.5. The number of rotatable bonds is 4. The maximum absolute atomic E-state index is 13.1. The highest BCUT2D eigenvalue weighted by molar-refractivity contribution is 5.85. The minimum Gasteiger partial charge on any atom is -0.368 e. The molecule has 172 valence electrons. The van der Waals surface area contributed by atoms with E-state index in [4.69, 9.17) is 0 Å². The maximum atomic E-state index is 13.1. The van der Waals surface area contributed by atoms with Gasteiger partial charge in [-0.05, 0) is 42.3 Å². The minimum absolute atomic E-state index is 0.0469. The fraction of sp³-hybridized carbons (Fsp3) is 0.360. The highest BCUT2D eigenvalue weighted by atomic mass is 19.1. The third-order valence-electron chi connectivity index (χ3n) is 6.61. The molecular formula is C25H28FN5O2. The molecule has 2 N–H and O–H groups in total. The first kappa shape index (κ1) is 21.3. The molecule has 3 amide bonds. The molecule has 0 saturated carbocycles. The van der Waals surface area contributed by atoms with Crippen molar-refractivity contribution in [3.05, 3.63) is 65.6 Å². The number of fused-ring (bicyclic) bond motifs is 3. The number of amides is 3. The van der Waals surface area contributed by atoms with Crippen molar-refractivity contribution in [1.29, 1.82) is 0 Å². The molecule has 0 unspecified atom stereocenters. The number of nitrogens with zero attached hydrogens (tertiary/aromatic N) is 3. The number of H-pyrrole nitrogens is 1. The van der Waals surface area contributed by atoms with Gasteiger partial charge >= 0.3 is 6.03 Å². The summed E-state index contributed by atoms with van der Waals surface area (Å²) >= 11 is 0. The van der Waals surface area contributed by atoms with E-state index in [9.17, 15) is 14.0 Å². The predicted molar refractivity (Wildman–Crippen MR) is 126 cm³/mol. The topological polar surface area (TPSA) is 71.7 Å². The molecule has 0 spiro atoms. The fourth-order valence-electron chi connectivity index (χ4n) is 4.78. The van der Waals surface area contributed by atoms with Gasteiger partial charge in [0.2, 0.25) is 5.91 Å². The van der Waals surface area contributed by atoms with Crippen LogP contribution in [0, 0.1) is 5.82 Å². The third kappa shape index (κ3) is 4.51. The number of urea groups is 1. The molecule has 7 nitrogen and oxygen atoms in total. The number of carbonyl (C=O) groups excluding carboxylic acids is 2. The minimum atomic E-state index is -0.249. The first-order valence-corrected chi connectivity index (χ1v) is 11.5. The molecule has 2 aromatic carbocycles. The molecule has 1 saturated heterocycles. The lowest BCUT2D eigenvalue weighted by Gasteiger charge is -2.36. The number of nitrogens with one attached hydrogen (secondary N) is 2. The summed E-state index contributed by atoms with van der Waals surface area (Å²) < 4.78 is 13.1. The molecule has 0 aliphatic carbocycles. The maximum Gasteiger partial charge on any atom is 0.317 e. The Morgan fingerprint density at radius 2 is 1.70 bits per heavy atom. The Kier molecular flexibility index (Phi) is 5.90. The van der Waals surface area contributed by atoms with Gasteiger partial charge in [-0.3, -0.25) is 4.79 Å². The van der Waals surface area contributed by atoms with Gasteiger partial charge in [-0.15, -0.1) is 0 Å². The van der Waals surface area contributed by atoms with Crippen molar-refractivity contribution < 1.29 is 14.0 Å². The third-order valence-corrected chi connectivity index (χ3v) is 6.61. The summed E-state index contributed by atoms with van der Waals surface area (Å²) in [7, 11) is 0. The molecular weight excluding hydrogens is 421 g/mol. The lowest BCUT2D eigenvalue weighted by atomic mass is 10.0. The lowest BCUT2D eigenvalue weighted by molar-refractivity contribution is -0.131. The SMILES string of the molecule is O=C(CCNC(=O)N1CCc2c([nH]c3ccccc23)C1)N1CCN(c2ccc(F)cc2)CC1. The van der Waals surface area contributed by atoms with Crippen LogP contribution < -0.4 is 10.2 Å². The lowest BCUT2D eigenvalue weighted by Crippen LogP contribution is -2.49. The van der Waals surface area contributed by atoms with E-state index in [2.05, 4.69) is 27.3 Å². The second kappa shape index (κ2) is 9.13. The van der Waals surface area contributed by atoms with Crippen LogP contribution in [0.25, 0.3) is 10.9 Å². The average Bonchev–Trinajstić information content (AvgIpc) is 3.22. The van der Waals surface area contributed by atoms with Crippen LogP contribution in [0.1, 0.15) is 17.7 Å². The number of piperazine rings is 1. The van der Waals surface area contributed by atoms with Crippen LogP contribution in [0.2, 0.25) is 0 Å². The van der Waals surface area contributed by atoms with Gasteiger partial charge in [0.15, 0.2) is 0 Å². The van der Waals surface area contributed by atoms with Crippen molar-refractivity contribution in [3.8, 4) is 0 Å². The first-order chi connectivity index (χ1) is 16.1. The van der Waals surface area contributed by atoms with Gasteiger partial charge in [-0.1, -0.05) is 18.2 Å². The monoisotopic (exact) mass is 449 g/mol. The van der Waals surface area contributed by atoms with Crippen LogP contribution in [0.15, 0.2) is 48.5 Å². The largest absolute Gasteiger partial charge is 0.368 e. The zero-order chi connectivity index (χ0) is 22.8. The molecule has 1 aromatic heterocycles. The number of para-hydroxylation sites is 1. The smallest absolute Gasteiger partial charge is 0.317 e. The van der Waals surface area contributed by atoms with E-state index >= 15 is 0 Å². The number of hydrogen-bond acceptors (Lipinski definition) is 3. The average molecular weight is 450 g/mol. The van der Waals surface area contributed by atoms with Gasteiger partial charge in [-0.2, -0.15) is 0 Å². The number of halogens is 1. The number of aromatic nitrogens is 1. The Balaban J connectivity index is 1.07. The van der Waals surface area contributed by atoms with Crippen molar-refractivity contribution in [2.75, 3.05) is 44.2 Å². The Labute approximate surface area is 192 Å². The van der Waals surface area contributed by atoms with Crippen molar-refractivity contribution >= 4 is 28.5 Å². The number of hydrogen-bond donors (Lipinski definition) is 2. The quantitative estimate of drug-likeness (QED) is 0.643. The second-order valence-corrected chi connectivity index (χ2v) is 8.63. The van der Waals surface area contributed by atoms with Crippen molar-refractivity contribution in [2.45, 2.75) is 19.4 Å². The number of carbonyl (C=O) groups is 2. The van der Waals surface area contributed by atoms with Crippen LogP contribution in [-0.4, -0.2) is 66.0 Å². The van der Waals surface area contributed by atoms with Crippen LogP contribution in [0.5, 0.6) is 0 Å². The summed E-state index contributed by atoms with van der Waals surface area (Å²) in [4.78, 5) is 34.5. The van der Waals surface area contributed by atoms with Crippen molar-refractivity contribution in [2.24, 2.45) is 0 Å². The Bertz CT molecular complexity index is 1150. The molecule has 0 radical (unpaired) electrons. The number of aromatic amines is 1. The molecule has 0 bridgehead atoms. The van der Waals surface area contributed by atoms with Gasteiger partial charge in [0.1, 0.15) is 5.82 Å². The highest BCUT2D eigenvalue weighted by Crippen LogP contribution is 2.27. The number of anilines is 1. The molecule has 5 rings (SSSR count). The van der Waals surface area contributed by atoms with Crippen LogP contribution >= 0.6 is 0 Å². The molecule has 3 aromatic rings. The van der Waals surface area contributed by atoms with E-state index in [0.29, 0.717) is 45.8 Å². The second-order valence-electron chi connectivity index (χ2n) is 8.63. The Morgan fingerprint density at radius 3 is 2.48 bits per heavy atom. The van der Waals surface area contributed by atoms with Crippen LogP contribution in [0.4, 0.5) is 14.9 Å². The summed E-state index contributed by atoms with van der Waals surface area (Å²) in [5.41, 5.74) is 4.46. The summed E-state index contributed by atoms with van der Waals surface area (Å²) in [5.74, 6) is -0.202. The summed E-state index contributed by atoms with van der Waals surface area (Å²) in [6.45, 7) is 4.22. The van der Waals surface area contributed by atoms with Gasteiger partial charge in [0, 0.05) is 68.0 Å². The van der Waals surface area contributed by atoms with Gasteiger partial charge in [0.25, 0.3) is 0 Å². The predicted octanol–water partition coefficient (Wildman–Crippen LogP) is 3.11. The van der Waals surface area contributed by atoms with Gasteiger partial charge in [-0.25, -0.2) is 9.18 Å². The van der Waals surface area contributed by atoms with Gasteiger partial charge in [0.05, 0.1) is 6.54 Å². The fourth-order valence-corrected chi connectivity index (χ4v) is 4.78. The van der Waals surface area contributed by atoms with E-state index < -0.39 is 0 Å². The molecule has 8 heteroatoms. The first-order valence-electron chi connectivity index (χ1n) is 11.5. The van der Waals surface area contributed by atoms with Crippen LogP contribution in [0.3, 0.4) is 0 Å². The zero-order valence-electron chi connectivity index (χ0n) is 18.5. The van der Waals surface area contributed by atoms with E-state index in [1.165, 1.54) is 23.1 Å². The van der Waals surface area contributed by atoms with E-state index in [1.807, 2.05) is 17.0 Å². The molecule has 3 heterocycles.